The van der Waals surface area contributed by atoms with Gasteiger partial charge in [-0.15, -0.1) is 0 Å². The van der Waals surface area contributed by atoms with Crippen molar-refractivity contribution in [3.63, 3.8) is 0 Å². The number of hydrogen-bond acceptors (Lipinski definition) is 3. The number of carbonyl (C=O) groups excluding carboxylic acids is 1. The highest BCUT2D eigenvalue weighted by molar-refractivity contribution is 5.89. The summed E-state index contributed by atoms with van der Waals surface area (Å²) < 4.78 is 45.2. The second-order valence-corrected chi connectivity index (χ2v) is 3.58. The van der Waals surface area contributed by atoms with Crippen molar-refractivity contribution in [1.29, 1.82) is 0 Å². The number of alkyl halides is 3. The van der Waals surface area contributed by atoms with Gasteiger partial charge in [-0.1, -0.05) is 20.4 Å². The zero-order valence-corrected chi connectivity index (χ0v) is 9.26. The van der Waals surface area contributed by atoms with Gasteiger partial charge >= 0.3 is 12.1 Å². The van der Waals surface area contributed by atoms with E-state index in [4.69, 9.17) is 4.74 Å². The third-order valence-corrected chi connectivity index (χ3v) is 1.50. The monoisotopic (exact) mass is 240 g/mol. The summed E-state index contributed by atoms with van der Waals surface area (Å²) in [7, 11) is 0. The van der Waals surface area contributed by atoms with Crippen LogP contribution in [-0.2, 0) is 14.3 Å². The van der Waals surface area contributed by atoms with Crippen molar-refractivity contribution in [3.05, 3.63) is 12.2 Å². The Kier molecular flexibility index (Phi) is 6.10. The number of hydrogen-bond donors (Lipinski definition) is 0. The lowest BCUT2D eigenvalue weighted by Gasteiger charge is -2.10. The van der Waals surface area contributed by atoms with Gasteiger partial charge in [-0.05, 0) is 5.92 Å². The predicted octanol–water partition coefficient (Wildman–Crippen LogP) is 2.32. The van der Waals surface area contributed by atoms with E-state index in [1.807, 2.05) is 13.8 Å². The van der Waals surface area contributed by atoms with Gasteiger partial charge in [0.2, 0.25) is 0 Å². The van der Waals surface area contributed by atoms with Gasteiger partial charge in [-0.25, -0.2) is 4.79 Å². The summed E-state index contributed by atoms with van der Waals surface area (Å²) in [6, 6.07) is 0. The highest BCUT2D eigenvalue weighted by Gasteiger charge is 2.37. The zero-order valence-electron chi connectivity index (χ0n) is 9.26. The van der Waals surface area contributed by atoms with E-state index in [-0.39, 0.29) is 13.2 Å². The first-order valence-corrected chi connectivity index (χ1v) is 4.76. The first-order valence-electron chi connectivity index (χ1n) is 4.76. The highest BCUT2D eigenvalue weighted by Crippen LogP contribution is 2.24. The molecular formula is C10H15F3O3. The van der Waals surface area contributed by atoms with E-state index >= 15 is 0 Å². The van der Waals surface area contributed by atoms with Crippen LogP contribution in [0, 0.1) is 5.92 Å². The molecule has 0 bridgehead atoms. The van der Waals surface area contributed by atoms with Crippen LogP contribution in [0.25, 0.3) is 0 Å². The van der Waals surface area contributed by atoms with Gasteiger partial charge in [0.05, 0.1) is 6.61 Å². The maximum Gasteiger partial charge on any atom is 0.422 e. The topological polar surface area (TPSA) is 35.5 Å². The SMILES string of the molecule is C=C(C(=O)OCCOCC(C)C)C(F)(F)F. The molecule has 0 unspecified atom stereocenters. The van der Waals surface area contributed by atoms with Crippen molar-refractivity contribution in [2.45, 2.75) is 20.0 Å². The van der Waals surface area contributed by atoms with Gasteiger partial charge in [0.15, 0.2) is 0 Å². The summed E-state index contributed by atoms with van der Waals surface area (Å²) in [4.78, 5) is 10.8. The molecule has 16 heavy (non-hydrogen) atoms. The van der Waals surface area contributed by atoms with Gasteiger partial charge in [-0.3, -0.25) is 0 Å². The molecule has 0 aliphatic heterocycles. The third kappa shape index (κ3) is 6.44. The summed E-state index contributed by atoms with van der Waals surface area (Å²) in [6.07, 6.45) is -4.74. The number of halogens is 3. The van der Waals surface area contributed by atoms with E-state index in [9.17, 15) is 18.0 Å². The van der Waals surface area contributed by atoms with Crippen LogP contribution in [0.5, 0.6) is 0 Å². The Balaban J connectivity index is 3.71. The average Bonchev–Trinajstić information content (AvgIpc) is 2.13. The summed E-state index contributed by atoms with van der Waals surface area (Å²) in [5, 5.41) is 0. The van der Waals surface area contributed by atoms with Gasteiger partial charge < -0.3 is 9.47 Å². The van der Waals surface area contributed by atoms with Gasteiger partial charge in [0, 0.05) is 6.61 Å². The molecule has 0 aromatic heterocycles. The maximum absolute atomic E-state index is 11.9. The first-order chi connectivity index (χ1) is 7.25. The average molecular weight is 240 g/mol. The minimum absolute atomic E-state index is 0.0784. The minimum atomic E-state index is -4.74. The Bertz CT molecular complexity index is 246. The van der Waals surface area contributed by atoms with Crippen LogP contribution in [0.3, 0.4) is 0 Å². The van der Waals surface area contributed by atoms with E-state index in [1.165, 1.54) is 0 Å². The summed E-state index contributed by atoms with van der Waals surface area (Å²) in [6.45, 7) is 6.81. The van der Waals surface area contributed by atoms with Crippen molar-refractivity contribution >= 4 is 5.97 Å². The smallest absolute Gasteiger partial charge is 0.422 e. The molecule has 0 rings (SSSR count). The number of ether oxygens (including phenoxy) is 2. The maximum atomic E-state index is 11.9. The number of carbonyl (C=O) groups is 1. The summed E-state index contributed by atoms with van der Waals surface area (Å²) >= 11 is 0. The Morgan fingerprint density at radius 2 is 1.88 bits per heavy atom. The molecule has 0 aromatic carbocycles. The van der Waals surface area contributed by atoms with Crippen molar-refractivity contribution in [1.82, 2.24) is 0 Å². The molecule has 6 heteroatoms. The molecule has 0 saturated heterocycles. The first kappa shape index (κ1) is 15.0. The quantitative estimate of drug-likeness (QED) is 0.406. The fourth-order valence-electron chi connectivity index (χ4n) is 0.715. The van der Waals surface area contributed by atoms with Crippen LogP contribution in [-0.4, -0.2) is 32.0 Å². The second kappa shape index (κ2) is 6.52. The van der Waals surface area contributed by atoms with E-state index in [0.717, 1.165) is 0 Å². The fourth-order valence-corrected chi connectivity index (χ4v) is 0.715. The lowest BCUT2D eigenvalue weighted by Crippen LogP contribution is -2.22. The van der Waals surface area contributed by atoms with Crippen LogP contribution < -0.4 is 0 Å². The molecular weight excluding hydrogens is 225 g/mol. The molecule has 0 fully saturated rings. The molecule has 0 saturated carbocycles. The van der Waals surface area contributed by atoms with E-state index in [0.29, 0.717) is 12.5 Å². The van der Waals surface area contributed by atoms with Crippen LogP contribution in [0.2, 0.25) is 0 Å². The van der Waals surface area contributed by atoms with Gasteiger partial charge in [0.25, 0.3) is 0 Å². The molecule has 0 amide bonds. The number of rotatable bonds is 6. The zero-order chi connectivity index (χ0) is 12.8. The summed E-state index contributed by atoms with van der Waals surface area (Å²) in [5.41, 5.74) is -1.50. The van der Waals surface area contributed by atoms with Crippen LogP contribution >= 0.6 is 0 Å². The molecule has 0 N–H and O–H groups in total. The molecule has 94 valence electrons. The standard InChI is InChI=1S/C10H15F3O3/c1-7(2)6-15-4-5-16-9(14)8(3)10(11,12)13/h7H,3-6H2,1-2H3. The molecule has 0 aliphatic carbocycles. The Morgan fingerprint density at radius 1 is 1.31 bits per heavy atom. The van der Waals surface area contributed by atoms with E-state index in [1.54, 1.807) is 0 Å². The number of esters is 1. The molecule has 3 nitrogen and oxygen atoms in total. The Hall–Kier alpha value is -1.04. The second-order valence-electron chi connectivity index (χ2n) is 3.58. The lowest BCUT2D eigenvalue weighted by molar-refractivity contribution is -0.152. The van der Waals surface area contributed by atoms with Crippen LogP contribution in [0.1, 0.15) is 13.8 Å². The fraction of sp³-hybridized carbons (Fsp3) is 0.700. The highest BCUT2D eigenvalue weighted by atomic mass is 19.4. The lowest BCUT2D eigenvalue weighted by atomic mass is 10.2. The Morgan fingerprint density at radius 3 is 2.31 bits per heavy atom. The predicted molar refractivity (Wildman–Crippen MR) is 51.8 cm³/mol. The van der Waals surface area contributed by atoms with Crippen molar-refractivity contribution in [2.24, 2.45) is 5.92 Å². The molecule has 0 spiro atoms. The van der Waals surface area contributed by atoms with Gasteiger partial charge in [0.1, 0.15) is 12.2 Å². The van der Waals surface area contributed by atoms with E-state index < -0.39 is 17.7 Å². The van der Waals surface area contributed by atoms with Crippen molar-refractivity contribution < 1.29 is 27.4 Å². The third-order valence-electron chi connectivity index (χ3n) is 1.50. The van der Waals surface area contributed by atoms with Crippen LogP contribution in [0.15, 0.2) is 12.2 Å². The minimum Gasteiger partial charge on any atom is -0.460 e. The van der Waals surface area contributed by atoms with E-state index in [2.05, 4.69) is 11.3 Å². The normalized spacial score (nSPS) is 11.6. The van der Waals surface area contributed by atoms with Crippen molar-refractivity contribution in [2.75, 3.05) is 19.8 Å². The van der Waals surface area contributed by atoms with Crippen LogP contribution in [0.4, 0.5) is 13.2 Å². The molecule has 0 heterocycles. The summed E-state index contributed by atoms with van der Waals surface area (Å²) in [5.74, 6) is -1.14. The van der Waals surface area contributed by atoms with Crippen molar-refractivity contribution in [3.8, 4) is 0 Å². The molecule has 0 aliphatic rings. The largest absolute Gasteiger partial charge is 0.460 e. The molecule has 0 aromatic rings. The Labute approximate surface area is 92.2 Å². The molecule has 0 radical (unpaired) electrons. The molecule has 0 atom stereocenters. The van der Waals surface area contributed by atoms with Gasteiger partial charge in [-0.2, -0.15) is 13.2 Å².